The van der Waals surface area contributed by atoms with Gasteiger partial charge in [0.15, 0.2) is 17.3 Å². The molecule has 24 heavy (non-hydrogen) atoms. The van der Waals surface area contributed by atoms with Crippen LogP contribution in [0.2, 0.25) is 0 Å². The number of nitrogens with zero attached hydrogens (tertiary/aromatic N) is 1. The lowest BCUT2D eigenvalue weighted by molar-refractivity contribution is -0.137. The number of Topliss-reactive ketones (excluding diaryl/α,β-unsaturated/α-hetero) is 1. The van der Waals surface area contributed by atoms with Crippen LogP contribution in [0.5, 0.6) is 11.5 Å². The Morgan fingerprint density at radius 1 is 1.29 bits per heavy atom. The fourth-order valence-electron chi connectivity index (χ4n) is 2.32. The van der Waals surface area contributed by atoms with Gasteiger partial charge in [0.2, 0.25) is 12.7 Å². The minimum atomic E-state index is -1.02. The lowest BCUT2D eigenvalue weighted by Gasteiger charge is -2.26. The van der Waals surface area contributed by atoms with Crippen molar-refractivity contribution in [2.45, 2.75) is 31.8 Å². The highest BCUT2D eigenvalue weighted by Crippen LogP contribution is 2.32. The summed E-state index contributed by atoms with van der Waals surface area (Å²) in [6.07, 6.45) is -0.186. The van der Waals surface area contributed by atoms with Gasteiger partial charge in [-0.25, -0.2) is 0 Å². The molecular formula is C16H20N2O6. The highest BCUT2D eigenvalue weighted by molar-refractivity contribution is 6.02. The minimum Gasteiger partial charge on any atom is -0.481 e. The van der Waals surface area contributed by atoms with Crippen molar-refractivity contribution in [3.63, 3.8) is 0 Å². The summed E-state index contributed by atoms with van der Waals surface area (Å²) in [6.45, 7) is 1.70. The van der Waals surface area contributed by atoms with Crippen molar-refractivity contribution in [2.24, 2.45) is 5.73 Å². The molecule has 0 bridgehead atoms. The highest BCUT2D eigenvalue weighted by atomic mass is 16.7. The fraction of sp³-hybridized carbons (Fsp3) is 0.438. The van der Waals surface area contributed by atoms with Gasteiger partial charge in [-0.1, -0.05) is 0 Å². The summed E-state index contributed by atoms with van der Waals surface area (Å²) in [5.41, 5.74) is 6.11. The Labute approximate surface area is 139 Å². The quantitative estimate of drug-likeness (QED) is 0.701. The van der Waals surface area contributed by atoms with Crippen LogP contribution in [0.25, 0.3) is 0 Å². The summed E-state index contributed by atoms with van der Waals surface area (Å²) < 4.78 is 10.4. The van der Waals surface area contributed by atoms with E-state index in [0.29, 0.717) is 17.1 Å². The maximum absolute atomic E-state index is 12.6. The first-order valence-electron chi connectivity index (χ1n) is 7.49. The van der Waals surface area contributed by atoms with Gasteiger partial charge < -0.3 is 25.2 Å². The predicted octanol–water partition coefficient (Wildman–Crippen LogP) is 0.637. The zero-order chi connectivity index (χ0) is 17.9. The Hall–Kier alpha value is -2.61. The maximum atomic E-state index is 12.6. The van der Waals surface area contributed by atoms with E-state index in [1.807, 2.05) is 0 Å². The molecule has 1 heterocycles. The van der Waals surface area contributed by atoms with Gasteiger partial charge in [-0.2, -0.15) is 0 Å². The van der Waals surface area contributed by atoms with Crippen molar-refractivity contribution >= 4 is 17.7 Å². The zero-order valence-electron chi connectivity index (χ0n) is 13.5. The first kappa shape index (κ1) is 17.7. The molecule has 3 N–H and O–H groups in total. The Morgan fingerprint density at radius 3 is 2.62 bits per heavy atom. The van der Waals surface area contributed by atoms with Crippen molar-refractivity contribution in [1.29, 1.82) is 0 Å². The Balaban J connectivity index is 2.03. The average molecular weight is 336 g/mol. The van der Waals surface area contributed by atoms with E-state index >= 15 is 0 Å². The van der Waals surface area contributed by atoms with Gasteiger partial charge in [-0.15, -0.1) is 0 Å². The average Bonchev–Trinajstić information content (AvgIpc) is 3.04. The molecule has 0 aromatic heterocycles. The van der Waals surface area contributed by atoms with Gasteiger partial charge in [-0.3, -0.25) is 14.4 Å². The van der Waals surface area contributed by atoms with Crippen molar-refractivity contribution in [1.82, 2.24) is 4.90 Å². The number of carbonyl (C=O) groups excluding carboxylic acids is 2. The lowest BCUT2D eigenvalue weighted by atomic mass is 10.0. The predicted molar refractivity (Wildman–Crippen MR) is 84.0 cm³/mol. The van der Waals surface area contributed by atoms with Gasteiger partial charge in [-0.05, 0) is 31.5 Å². The van der Waals surface area contributed by atoms with Crippen molar-refractivity contribution in [3.05, 3.63) is 23.8 Å². The van der Waals surface area contributed by atoms with E-state index in [9.17, 15) is 14.4 Å². The number of rotatable bonds is 7. The number of amides is 1. The molecule has 1 aromatic rings. The van der Waals surface area contributed by atoms with Crippen molar-refractivity contribution in [3.8, 4) is 11.5 Å². The molecule has 1 aliphatic heterocycles. The fourth-order valence-corrected chi connectivity index (χ4v) is 2.32. The van der Waals surface area contributed by atoms with Gasteiger partial charge in [0.1, 0.15) is 0 Å². The Morgan fingerprint density at radius 2 is 1.96 bits per heavy atom. The van der Waals surface area contributed by atoms with Gasteiger partial charge >= 0.3 is 5.97 Å². The highest BCUT2D eigenvalue weighted by Gasteiger charge is 2.28. The van der Waals surface area contributed by atoms with Crippen LogP contribution in [-0.2, 0) is 9.59 Å². The number of aliphatic carboxylic acids is 1. The molecule has 0 radical (unpaired) electrons. The van der Waals surface area contributed by atoms with Crippen LogP contribution >= 0.6 is 0 Å². The monoisotopic (exact) mass is 336 g/mol. The number of hydrogen-bond acceptors (Lipinski definition) is 6. The molecule has 0 saturated heterocycles. The summed E-state index contributed by atoms with van der Waals surface area (Å²) in [7, 11) is 1.47. The number of fused-ring (bicyclic) bond motifs is 1. The number of hydrogen-bond donors (Lipinski definition) is 2. The second kappa shape index (κ2) is 7.31. The molecular weight excluding hydrogens is 316 g/mol. The molecule has 8 nitrogen and oxygen atoms in total. The van der Waals surface area contributed by atoms with E-state index in [-0.39, 0.29) is 25.4 Å². The smallest absolute Gasteiger partial charge is 0.303 e. The molecule has 0 spiro atoms. The molecule has 130 valence electrons. The van der Waals surface area contributed by atoms with Crippen LogP contribution in [-0.4, -0.2) is 53.6 Å². The van der Waals surface area contributed by atoms with E-state index in [0.717, 1.165) is 0 Å². The Bertz CT molecular complexity index is 660. The first-order valence-corrected chi connectivity index (χ1v) is 7.49. The molecule has 2 atom stereocenters. The van der Waals surface area contributed by atoms with E-state index in [1.54, 1.807) is 25.1 Å². The SMILES string of the molecule is CC(C(=O)c1ccc2c(c1)OCO2)N(C)C(=O)[C@@H](N)CCC(=O)O. The standard InChI is InChI=1S/C16H20N2O6/c1-9(18(2)16(22)11(17)4-6-14(19)20)15(21)10-3-5-12-13(7-10)24-8-23-12/h3,5,7,9,11H,4,6,8,17H2,1-2H3,(H,19,20)/t9?,11-/m0/s1. The van der Waals surface area contributed by atoms with E-state index in [2.05, 4.69) is 0 Å². The van der Waals surface area contributed by atoms with Crippen molar-refractivity contribution in [2.75, 3.05) is 13.8 Å². The van der Waals surface area contributed by atoms with E-state index in [1.165, 1.54) is 11.9 Å². The van der Waals surface area contributed by atoms with Crippen LogP contribution in [0.3, 0.4) is 0 Å². The largest absolute Gasteiger partial charge is 0.481 e. The molecule has 1 aliphatic rings. The summed E-state index contributed by atoms with van der Waals surface area (Å²) in [4.78, 5) is 36.6. The maximum Gasteiger partial charge on any atom is 0.303 e. The number of carboxylic acids is 1. The summed E-state index contributed by atoms with van der Waals surface area (Å²) >= 11 is 0. The van der Waals surface area contributed by atoms with Crippen LogP contribution in [0.15, 0.2) is 18.2 Å². The van der Waals surface area contributed by atoms with Crippen LogP contribution in [0.1, 0.15) is 30.1 Å². The van der Waals surface area contributed by atoms with Crippen LogP contribution in [0, 0.1) is 0 Å². The number of carboxylic acid groups (broad SMARTS) is 1. The number of nitrogens with two attached hydrogens (primary N) is 1. The number of ether oxygens (including phenoxy) is 2. The number of benzene rings is 1. The first-order chi connectivity index (χ1) is 11.3. The third-order valence-corrected chi connectivity index (χ3v) is 3.95. The zero-order valence-corrected chi connectivity index (χ0v) is 13.5. The molecule has 1 unspecified atom stereocenters. The number of ketones is 1. The molecule has 8 heteroatoms. The second-order valence-electron chi connectivity index (χ2n) is 5.60. The van der Waals surface area contributed by atoms with Crippen LogP contribution < -0.4 is 15.2 Å². The lowest BCUT2D eigenvalue weighted by Crippen LogP contribution is -2.48. The third-order valence-electron chi connectivity index (χ3n) is 3.95. The van der Waals surface area contributed by atoms with Crippen LogP contribution in [0.4, 0.5) is 0 Å². The molecule has 0 fully saturated rings. The van der Waals surface area contributed by atoms with E-state index in [4.69, 9.17) is 20.3 Å². The molecule has 2 rings (SSSR count). The molecule has 0 saturated carbocycles. The molecule has 1 aromatic carbocycles. The summed E-state index contributed by atoms with van der Waals surface area (Å²) in [5, 5.41) is 8.65. The van der Waals surface area contributed by atoms with Gasteiger partial charge in [0, 0.05) is 19.0 Å². The third kappa shape index (κ3) is 3.83. The van der Waals surface area contributed by atoms with Gasteiger partial charge in [0.05, 0.1) is 12.1 Å². The van der Waals surface area contributed by atoms with E-state index < -0.39 is 24.0 Å². The number of likely N-dealkylation sites (N-methyl/N-ethyl adjacent to an activating group) is 1. The molecule has 0 aliphatic carbocycles. The topological polar surface area (TPSA) is 119 Å². The van der Waals surface area contributed by atoms with Crippen molar-refractivity contribution < 1.29 is 29.0 Å². The summed E-state index contributed by atoms with van der Waals surface area (Å²) in [6, 6.07) is 3.12. The minimum absolute atomic E-state index is 0.0173. The molecule has 1 amide bonds. The Kier molecular flexibility index (Phi) is 5.40. The number of carbonyl (C=O) groups is 3. The normalized spacial score (nSPS) is 14.8. The summed E-state index contributed by atoms with van der Waals surface area (Å²) in [5.74, 6) is -0.711. The van der Waals surface area contributed by atoms with Gasteiger partial charge in [0.25, 0.3) is 0 Å². The second-order valence-corrected chi connectivity index (χ2v) is 5.60.